The van der Waals surface area contributed by atoms with Crippen LogP contribution in [0.3, 0.4) is 0 Å². The molecule has 0 spiro atoms. The van der Waals surface area contributed by atoms with Crippen molar-refractivity contribution in [2.75, 3.05) is 12.9 Å². The summed E-state index contributed by atoms with van der Waals surface area (Å²) in [7, 11) is -3.32. The van der Waals surface area contributed by atoms with E-state index in [0.717, 1.165) is 6.26 Å². The maximum absolute atomic E-state index is 12.0. The average molecular weight is 353 g/mol. The number of carbonyl (C=O) groups is 2. The van der Waals surface area contributed by atoms with Crippen molar-refractivity contribution >= 4 is 33.2 Å². The molecule has 2 aromatic carbocycles. The van der Waals surface area contributed by atoms with Crippen molar-refractivity contribution in [3.63, 3.8) is 0 Å². The summed E-state index contributed by atoms with van der Waals surface area (Å²) in [5.74, 6) is -1.14. The van der Waals surface area contributed by atoms with Crippen LogP contribution in [0.1, 0.15) is 20.7 Å². The first-order valence-electron chi connectivity index (χ1n) is 6.54. The van der Waals surface area contributed by atoms with E-state index >= 15 is 0 Å². The van der Waals surface area contributed by atoms with E-state index in [2.05, 4.69) is 0 Å². The van der Waals surface area contributed by atoms with Crippen LogP contribution in [0.2, 0.25) is 5.02 Å². The number of sulfone groups is 1. The molecule has 0 saturated carbocycles. The normalized spacial score (nSPS) is 11.0. The lowest BCUT2D eigenvalue weighted by atomic mass is 10.1. The summed E-state index contributed by atoms with van der Waals surface area (Å²) in [6.07, 6.45) is 1.08. The zero-order valence-corrected chi connectivity index (χ0v) is 13.7. The Labute approximate surface area is 138 Å². The summed E-state index contributed by atoms with van der Waals surface area (Å²) in [6.45, 7) is -0.456. The second-order valence-electron chi connectivity index (χ2n) is 4.78. The molecular weight excluding hydrogens is 340 g/mol. The topological polar surface area (TPSA) is 77.5 Å². The molecule has 0 radical (unpaired) electrons. The molecule has 0 fully saturated rings. The average Bonchev–Trinajstić information content (AvgIpc) is 2.52. The molecule has 0 aliphatic carbocycles. The standard InChI is InChI=1S/C16H13ClO5S/c1-23(20,21)12-8-6-11(7-9-12)15(18)10-22-16(19)13-4-2-3-5-14(13)17/h2-9H,10H2,1H3. The molecule has 7 heteroatoms. The maximum atomic E-state index is 12.0. The number of ether oxygens (including phenoxy) is 1. The van der Waals surface area contributed by atoms with Gasteiger partial charge in [0.05, 0.1) is 15.5 Å². The summed E-state index contributed by atoms with van der Waals surface area (Å²) >= 11 is 5.87. The van der Waals surface area contributed by atoms with E-state index in [1.165, 1.54) is 30.3 Å². The Morgan fingerprint density at radius 1 is 1.04 bits per heavy atom. The third-order valence-electron chi connectivity index (χ3n) is 3.03. The number of halogens is 1. The van der Waals surface area contributed by atoms with Gasteiger partial charge in [0.2, 0.25) is 0 Å². The van der Waals surface area contributed by atoms with Crippen LogP contribution >= 0.6 is 11.6 Å². The molecule has 0 amide bonds. The molecule has 0 unspecified atom stereocenters. The van der Waals surface area contributed by atoms with Crippen LogP contribution in [-0.4, -0.2) is 33.0 Å². The second-order valence-corrected chi connectivity index (χ2v) is 7.20. The molecule has 5 nitrogen and oxygen atoms in total. The summed E-state index contributed by atoms with van der Waals surface area (Å²) in [4.78, 5) is 23.9. The molecule has 0 bridgehead atoms. The third-order valence-corrected chi connectivity index (χ3v) is 4.49. The third kappa shape index (κ3) is 4.40. The van der Waals surface area contributed by atoms with Crippen LogP contribution in [0, 0.1) is 0 Å². The van der Waals surface area contributed by atoms with Crippen LogP contribution in [0.25, 0.3) is 0 Å². The van der Waals surface area contributed by atoms with E-state index in [9.17, 15) is 18.0 Å². The monoisotopic (exact) mass is 352 g/mol. The van der Waals surface area contributed by atoms with Crippen LogP contribution in [-0.2, 0) is 14.6 Å². The highest BCUT2D eigenvalue weighted by molar-refractivity contribution is 7.90. The molecular formula is C16H13ClO5S. The van der Waals surface area contributed by atoms with Gasteiger partial charge in [0.1, 0.15) is 0 Å². The highest BCUT2D eigenvalue weighted by atomic mass is 35.5. The Kier molecular flexibility index (Phi) is 5.18. The lowest BCUT2D eigenvalue weighted by Crippen LogP contribution is -2.14. The summed E-state index contributed by atoms with van der Waals surface area (Å²) in [6, 6.07) is 11.8. The number of hydrogen-bond donors (Lipinski definition) is 0. The van der Waals surface area contributed by atoms with E-state index in [0.29, 0.717) is 0 Å². The van der Waals surface area contributed by atoms with E-state index in [4.69, 9.17) is 16.3 Å². The van der Waals surface area contributed by atoms with Crippen molar-refractivity contribution in [3.05, 3.63) is 64.7 Å². The SMILES string of the molecule is CS(=O)(=O)c1ccc(C(=O)COC(=O)c2ccccc2Cl)cc1. The van der Waals surface area contributed by atoms with Crippen molar-refractivity contribution in [1.82, 2.24) is 0 Å². The van der Waals surface area contributed by atoms with E-state index < -0.39 is 28.2 Å². The fourth-order valence-corrected chi connectivity index (χ4v) is 2.65. The first kappa shape index (κ1) is 17.2. The Morgan fingerprint density at radius 3 is 2.22 bits per heavy atom. The van der Waals surface area contributed by atoms with Gasteiger partial charge in [0.25, 0.3) is 0 Å². The van der Waals surface area contributed by atoms with Gasteiger partial charge in [-0.05, 0) is 36.4 Å². The van der Waals surface area contributed by atoms with Crippen molar-refractivity contribution in [2.45, 2.75) is 4.90 Å². The van der Waals surface area contributed by atoms with Crippen molar-refractivity contribution < 1.29 is 22.7 Å². The van der Waals surface area contributed by atoms with Gasteiger partial charge in [0.15, 0.2) is 22.2 Å². The van der Waals surface area contributed by atoms with E-state index in [1.54, 1.807) is 18.2 Å². The van der Waals surface area contributed by atoms with Gasteiger partial charge in [-0.3, -0.25) is 4.79 Å². The fraction of sp³-hybridized carbons (Fsp3) is 0.125. The van der Waals surface area contributed by atoms with Crippen molar-refractivity contribution in [2.24, 2.45) is 0 Å². The number of Topliss-reactive ketones (excluding diaryl/α,β-unsaturated/α-hetero) is 1. The highest BCUT2D eigenvalue weighted by Crippen LogP contribution is 2.16. The Bertz CT molecular complexity index is 841. The molecule has 120 valence electrons. The minimum atomic E-state index is -3.32. The molecule has 0 atom stereocenters. The number of benzene rings is 2. The minimum absolute atomic E-state index is 0.113. The van der Waals surface area contributed by atoms with Gasteiger partial charge in [-0.2, -0.15) is 0 Å². The molecule has 0 saturated heterocycles. The van der Waals surface area contributed by atoms with Gasteiger partial charge in [-0.1, -0.05) is 23.7 Å². The van der Waals surface area contributed by atoms with Gasteiger partial charge < -0.3 is 4.74 Å². The minimum Gasteiger partial charge on any atom is -0.454 e. The van der Waals surface area contributed by atoms with Crippen molar-refractivity contribution in [3.8, 4) is 0 Å². The highest BCUT2D eigenvalue weighted by Gasteiger charge is 2.15. The quantitative estimate of drug-likeness (QED) is 0.610. The van der Waals surface area contributed by atoms with E-state index in [-0.39, 0.29) is 21.0 Å². The van der Waals surface area contributed by atoms with Crippen LogP contribution in [0.5, 0.6) is 0 Å². The molecule has 23 heavy (non-hydrogen) atoms. The summed E-state index contributed by atoms with van der Waals surface area (Å²) in [5.41, 5.74) is 0.429. The first-order chi connectivity index (χ1) is 10.8. The number of hydrogen-bond acceptors (Lipinski definition) is 5. The molecule has 2 aromatic rings. The number of ketones is 1. The van der Waals surface area contributed by atoms with Gasteiger partial charge in [-0.25, -0.2) is 13.2 Å². The number of esters is 1. The molecule has 0 aromatic heterocycles. The molecule has 0 N–H and O–H groups in total. The Morgan fingerprint density at radius 2 is 1.65 bits per heavy atom. The molecule has 2 rings (SSSR count). The number of rotatable bonds is 5. The molecule has 0 aliphatic heterocycles. The summed E-state index contributed by atoms with van der Waals surface area (Å²) in [5, 5.41) is 0.238. The lowest BCUT2D eigenvalue weighted by molar-refractivity contribution is 0.0475. The Balaban J connectivity index is 2.03. The largest absolute Gasteiger partial charge is 0.454 e. The fourth-order valence-electron chi connectivity index (χ4n) is 1.81. The van der Waals surface area contributed by atoms with E-state index in [1.807, 2.05) is 0 Å². The van der Waals surface area contributed by atoms with Gasteiger partial charge in [-0.15, -0.1) is 0 Å². The smallest absolute Gasteiger partial charge is 0.340 e. The Hall–Kier alpha value is -2.18. The maximum Gasteiger partial charge on any atom is 0.340 e. The predicted molar refractivity (Wildman–Crippen MR) is 85.6 cm³/mol. The molecule has 0 heterocycles. The number of carbonyl (C=O) groups excluding carboxylic acids is 2. The zero-order valence-electron chi connectivity index (χ0n) is 12.2. The second kappa shape index (κ2) is 6.93. The van der Waals surface area contributed by atoms with Crippen LogP contribution < -0.4 is 0 Å². The first-order valence-corrected chi connectivity index (χ1v) is 8.81. The lowest BCUT2D eigenvalue weighted by Gasteiger charge is -2.06. The van der Waals surface area contributed by atoms with Crippen LogP contribution in [0.4, 0.5) is 0 Å². The van der Waals surface area contributed by atoms with Gasteiger partial charge in [0, 0.05) is 11.8 Å². The molecule has 0 aliphatic rings. The predicted octanol–water partition coefficient (Wildman–Crippen LogP) is 2.78. The van der Waals surface area contributed by atoms with Crippen LogP contribution in [0.15, 0.2) is 53.4 Å². The van der Waals surface area contributed by atoms with Crippen molar-refractivity contribution in [1.29, 1.82) is 0 Å². The summed E-state index contributed by atoms with van der Waals surface area (Å²) < 4.78 is 27.6. The zero-order chi connectivity index (χ0) is 17.0. The van der Waals surface area contributed by atoms with Gasteiger partial charge >= 0.3 is 5.97 Å².